The number of rotatable bonds is 5. The van der Waals surface area contributed by atoms with Gasteiger partial charge in [0.1, 0.15) is 0 Å². The second-order valence-corrected chi connectivity index (χ2v) is 4.94. The third-order valence-corrected chi connectivity index (χ3v) is 3.40. The van der Waals surface area contributed by atoms with E-state index in [0.29, 0.717) is 0 Å². The van der Waals surface area contributed by atoms with E-state index in [9.17, 15) is 4.79 Å². The highest BCUT2D eigenvalue weighted by atomic mass is 16.1. The number of amides is 1. The molecule has 0 spiro atoms. The summed E-state index contributed by atoms with van der Waals surface area (Å²) in [6, 6.07) is 9.87. The maximum Gasteiger partial charge on any atom is 0.244 e. The standard InChI is InChI=1S/C16H22N2O/c19-16(10-9-15-7-3-1-4-8-15)17-11-14-18-12-5-2-6-13-18/h1,3-4,7-10H,2,5-6,11-14H2,(H,17,19)/b10-9-. The third kappa shape index (κ3) is 5.26. The van der Waals surface area contributed by atoms with Crippen LogP contribution in [0.25, 0.3) is 6.08 Å². The lowest BCUT2D eigenvalue weighted by Gasteiger charge is -2.26. The van der Waals surface area contributed by atoms with Gasteiger partial charge in [-0.2, -0.15) is 0 Å². The molecule has 2 rings (SSSR count). The zero-order valence-electron chi connectivity index (χ0n) is 11.3. The molecule has 1 aliphatic heterocycles. The van der Waals surface area contributed by atoms with Crippen molar-refractivity contribution in [3.63, 3.8) is 0 Å². The summed E-state index contributed by atoms with van der Waals surface area (Å²) in [7, 11) is 0. The molecule has 1 aromatic carbocycles. The molecule has 0 unspecified atom stereocenters. The Hall–Kier alpha value is -1.61. The van der Waals surface area contributed by atoms with E-state index in [2.05, 4.69) is 10.2 Å². The van der Waals surface area contributed by atoms with Crippen LogP contribution in [0.4, 0.5) is 0 Å². The van der Waals surface area contributed by atoms with Crippen molar-refractivity contribution in [2.45, 2.75) is 19.3 Å². The summed E-state index contributed by atoms with van der Waals surface area (Å²) in [5.74, 6) is -0.0131. The number of hydrogen-bond donors (Lipinski definition) is 1. The van der Waals surface area contributed by atoms with Gasteiger partial charge in [0.05, 0.1) is 0 Å². The highest BCUT2D eigenvalue weighted by Gasteiger charge is 2.09. The Kier molecular flexibility index (Phi) is 5.63. The second kappa shape index (κ2) is 7.74. The number of hydrogen-bond acceptors (Lipinski definition) is 2. The van der Waals surface area contributed by atoms with E-state index in [1.807, 2.05) is 36.4 Å². The van der Waals surface area contributed by atoms with Crippen LogP contribution >= 0.6 is 0 Å². The Morgan fingerprint density at radius 1 is 1.16 bits per heavy atom. The summed E-state index contributed by atoms with van der Waals surface area (Å²) >= 11 is 0. The smallest absolute Gasteiger partial charge is 0.244 e. The molecule has 1 aliphatic rings. The summed E-state index contributed by atoms with van der Waals surface area (Å²) in [4.78, 5) is 14.1. The zero-order chi connectivity index (χ0) is 13.3. The summed E-state index contributed by atoms with van der Waals surface area (Å²) in [5.41, 5.74) is 1.05. The van der Waals surface area contributed by atoms with Gasteiger partial charge >= 0.3 is 0 Å². The topological polar surface area (TPSA) is 32.3 Å². The minimum atomic E-state index is -0.0131. The van der Waals surface area contributed by atoms with Crippen LogP contribution < -0.4 is 5.32 Å². The van der Waals surface area contributed by atoms with E-state index in [0.717, 1.165) is 18.7 Å². The number of nitrogens with zero attached hydrogens (tertiary/aromatic N) is 1. The van der Waals surface area contributed by atoms with Gasteiger partial charge in [-0.15, -0.1) is 0 Å². The first-order valence-electron chi connectivity index (χ1n) is 7.08. The molecule has 1 saturated heterocycles. The molecule has 1 N–H and O–H groups in total. The fraction of sp³-hybridized carbons (Fsp3) is 0.438. The van der Waals surface area contributed by atoms with Crippen LogP contribution in [0.2, 0.25) is 0 Å². The zero-order valence-corrected chi connectivity index (χ0v) is 11.3. The Bertz CT molecular complexity index is 408. The lowest BCUT2D eigenvalue weighted by atomic mass is 10.1. The maximum absolute atomic E-state index is 11.6. The third-order valence-electron chi connectivity index (χ3n) is 3.40. The molecule has 19 heavy (non-hydrogen) atoms. The first-order chi connectivity index (χ1) is 9.34. The number of carbonyl (C=O) groups is 1. The molecule has 1 amide bonds. The van der Waals surface area contributed by atoms with Crippen LogP contribution in [0.15, 0.2) is 36.4 Å². The maximum atomic E-state index is 11.6. The van der Waals surface area contributed by atoms with Crippen molar-refractivity contribution >= 4 is 12.0 Å². The number of likely N-dealkylation sites (tertiary alicyclic amines) is 1. The average Bonchev–Trinajstić information content (AvgIpc) is 2.47. The van der Waals surface area contributed by atoms with Gasteiger partial charge in [0.25, 0.3) is 0 Å². The molecule has 0 saturated carbocycles. The summed E-state index contributed by atoms with van der Waals surface area (Å²) < 4.78 is 0. The molecule has 0 radical (unpaired) electrons. The summed E-state index contributed by atoms with van der Waals surface area (Å²) in [6.07, 6.45) is 7.38. The van der Waals surface area contributed by atoms with Crippen molar-refractivity contribution in [2.24, 2.45) is 0 Å². The monoisotopic (exact) mass is 258 g/mol. The predicted octanol–water partition coefficient (Wildman–Crippen LogP) is 2.30. The van der Waals surface area contributed by atoms with E-state index in [1.54, 1.807) is 6.08 Å². The molecule has 0 aromatic heterocycles. The molecule has 3 nitrogen and oxygen atoms in total. The molecule has 0 bridgehead atoms. The fourth-order valence-corrected chi connectivity index (χ4v) is 2.32. The van der Waals surface area contributed by atoms with Gasteiger partial charge in [-0.1, -0.05) is 36.8 Å². The Balaban J connectivity index is 1.65. The Morgan fingerprint density at radius 3 is 2.63 bits per heavy atom. The van der Waals surface area contributed by atoms with Crippen molar-refractivity contribution in [2.75, 3.05) is 26.2 Å². The van der Waals surface area contributed by atoms with Gasteiger partial charge in [0.2, 0.25) is 5.91 Å². The minimum Gasteiger partial charge on any atom is -0.351 e. The van der Waals surface area contributed by atoms with E-state index < -0.39 is 0 Å². The van der Waals surface area contributed by atoms with Crippen LogP contribution in [0, 0.1) is 0 Å². The molecule has 3 heteroatoms. The fourth-order valence-electron chi connectivity index (χ4n) is 2.32. The van der Waals surface area contributed by atoms with Crippen molar-refractivity contribution < 1.29 is 4.79 Å². The van der Waals surface area contributed by atoms with Crippen LogP contribution in [0.3, 0.4) is 0 Å². The molecule has 1 fully saturated rings. The SMILES string of the molecule is O=C(/C=C\c1ccccc1)NCCN1CCCCC1. The van der Waals surface area contributed by atoms with E-state index in [-0.39, 0.29) is 5.91 Å². The lowest BCUT2D eigenvalue weighted by Crippen LogP contribution is -2.37. The van der Waals surface area contributed by atoms with Crippen molar-refractivity contribution in [3.8, 4) is 0 Å². The first kappa shape index (κ1) is 13.8. The van der Waals surface area contributed by atoms with E-state index in [1.165, 1.54) is 32.4 Å². The first-order valence-corrected chi connectivity index (χ1v) is 7.08. The summed E-state index contributed by atoms with van der Waals surface area (Å²) in [6.45, 7) is 4.05. The molecule has 1 aromatic rings. The van der Waals surface area contributed by atoms with Crippen LogP contribution in [0.5, 0.6) is 0 Å². The van der Waals surface area contributed by atoms with E-state index in [4.69, 9.17) is 0 Å². The molecular formula is C16H22N2O. The number of benzene rings is 1. The molecule has 1 heterocycles. The number of carbonyl (C=O) groups excluding carboxylic acids is 1. The normalized spacial score (nSPS) is 16.6. The molecular weight excluding hydrogens is 236 g/mol. The van der Waals surface area contributed by atoms with Crippen molar-refractivity contribution in [3.05, 3.63) is 42.0 Å². The molecule has 0 aliphatic carbocycles. The van der Waals surface area contributed by atoms with Gasteiger partial charge in [-0.25, -0.2) is 0 Å². The largest absolute Gasteiger partial charge is 0.351 e. The predicted molar refractivity (Wildman–Crippen MR) is 78.8 cm³/mol. The highest BCUT2D eigenvalue weighted by Crippen LogP contribution is 2.07. The average molecular weight is 258 g/mol. The van der Waals surface area contributed by atoms with Gasteiger partial charge in [0, 0.05) is 19.2 Å². The van der Waals surface area contributed by atoms with Crippen LogP contribution in [-0.2, 0) is 4.79 Å². The van der Waals surface area contributed by atoms with Gasteiger partial charge in [-0.3, -0.25) is 4.79 Å². The van der Waals surface area contributed by atoms with Gasteiger partial charge in [0.15, 0.2) is 0 Å². The Morgan fingerprint density at radius 2 is 1.89 bits per heavy atom. The van der Waals surface area contributed by atoms with Gasteiger partial charge in [-0.05, 0) is 37.6 Å². The number of nitrogens with one attached hydrogen (secondary N) is 1. The minimum absolute atomic E-state index is 0.0131. The lowest BCUT2D eigenvalue weighted by molar-refractivity contribution is -0.116. The Labute approximate surface area is 115 Å². The quantitative estimate of drug-likeness (QED) is 0.822. The number of piperidine rings is 1. The van der Waals surface area contributed by atoms with Crippen LogP contribution in [0.1, 0.15) is 24.8 Å². The van der Waals surface area contributed by atoms with Crippen molar-refractivity contribution in [1.82, 2.24) is 10.2 Å². The van der Waals surface area contributed by atoms with Crippen molar-refractivity contribution in [1.29, 1.82) is 0 Å². The highest BCUT2D eigenvalue weighted by molar-refractivity contribution is 5.91. The summed E-state index contributed by atoms with van der Waals surface area (Å²) in [5, 5.41) is 2.93. The van der Waals surface area contributed by atoms with Crippen LogP contribution in [-0.4, -0.2) is 37.0 Å². The molecule has 102 valence electrons. The van der Waals surface area contributed by atoms with E-state index >= 15 is 0 Å². The second-order valence-electron chi connectivity index (χ2n) is 4.94. The molecule has 0 atom stereocenters. The van der Waals surface area contributed by atoms with Gasteiger partial charge < -0.3 is 10.2 Å².